The Morgan fingerprint density at radius 2 is 1.81 bits per heavy atom. The van der Waals surface area contributed by atoms with E-state index < -0.39 is 0 Å². The topological polar surface area (TPSA) is 24.9 Å². The first kappa shape index (κ1) is 10.7. The first-order valence-electron chi connectivity index (χ1n) is 5.43. The van der Waals surface area contributed by atoms with E-state index in [1.165, 1.54) is 16.7 Å². The van der Waals surface area contributed by atoms with Crippen LogP contribution in [0, 0.1) is 13.8 Å². The summed E-state index contributed by atoms with van der Waals surface area (Å²) in [6.45, 7) is 4.14. The maximum atomic E-state index is 4.30. The normalized spacial score (nSPS) is 10.2. The van der Waals surface area contributed by atoms with Crippen LogP contribution in [0.1, 0.15) is 11.3 Å². The van der Waals surface area contributed by atoms with Gasteiger partial charge in [0.25, 0.3) is 0 Å². The van der Waals surface area contributed by atoms with Gasteiger partial charge in [-0.3, -0.25) is 4.98 Å². The summed E-state index contributed by atoms with van der Waals surface area (Å²) < 4.78 is 0. The number of hydrogen-bond acceptors (Lipinski definition) is 2. The van der Waals surface area contributed by atoms with E-state index in [9.17, 15) is 0 Å². The first-order valence-corrected chi connectivity index (χ1v) is 5.43. The fourth-order valence-electron chi connectivity index (χ4n) is 1.86. The van der Waals surface area contributed by atoms with Gasteiger partial charge in [0.05, 0.1) is 11.9 Å². The van der Waals surface area contributed by atoms with Crippen molar-refractivity contribution in [2.24, 2.45) is 0 Å². The molecule has 2 rings (SSSR count). The molecule has 2 heteroatoms. The molecule has 0 aliphatic rings. The molecule has 82 valence electrons. The van der Waals surface area contributed by atoms with Crippen LogP contribution in [0.4, 0.5) is 5.69 Å². The maximum absolute atomic E-state index is 4.30. The summed E-state index contributed by atoms with van der Waals surface area (Å²) in [5.41, 5.74) is 5.87. The average Bonchev–Trinajstić information content (AvgIpc) is 2.29. The Labute approximate surface area is 96.4 Å². The Hall–Kier alpha value is -1.83. The molecule has 16 heavy (non-hydrogen) atoms. The van der Waals surface area contributed by atoms with Crippen LogP contribution in [0.25, 0.3) is 11.1 Å². The number of nitrogens with zero attached hydrogens (tertiary/aromatic N) is 1. The highest BCUT2D eigenvalue weighted by molar-refractivity contribution is 5.79. The smallest absolute Gasteiger partial charge is 0.0604 e. The second-order valence-electron chi connectivity index (χ2n) is 3.94. The zero-order valence-corrected chi connectivity index (χ0v) is 9.91. The average molecular weight is 212 g/mol. The van der Waals surface area contributed by atoms with E-state index in [-0.39, 0.29) is 0 Å². The van der Waals surface area contributed by atoms with Gasteiger partial charge >= 0.3 is 0 Å². The summed E-state index contributed by atoms with van der Waals surface area (Å²) in [5, 5.41) is 3.19. The third-order valence-electron chi connectivity index (χ3n) is 2.75. The van der Waals surface area contributed by atoms with E-state index >= 15 is 0 Å². The quantitative estimate of drug-likeness (QED) is 0.825. The highest BCUT2D eigenvalue weighted by Gasteiger charge is 2.06. The first-order chi connectivity index (χ1) is 7.72. The molecule has 0 aliphatic carbocycles. The molecular weight excluding hydrogens is 196 g/mol. The van der Waals surface area contributed by atoms with Gasteiger partial charge in [0.2, 0.25) is 0 Å². The minimum atomic E-state index is 1.04. The van der Waals surface area contributed by atoms with Crippen LogP contribution in [0.5, 0.6) is 0 Å². The van der Waals surface area contributed by atoms with Crippen LogP contribution >= 0.6 is 0 Å². The van der Waals surface area contributed by atoms with Gasteiger partial charge in [-0.05, 0) is 31.0 Å². The Morgan fingerprint density at radius 1 is 1.06 bits per heavy atom. The van der Waals surface area contributed by atoms with Crippen molar-refractivity contribution in [3.8, 4) is 11.1 Å². The molecule has 0 aliphatic heterocycles. The number of hydrogen-bond donors (Lipinski definition) is 1. The molecule has 1 aromatic carbocycles. The lowest BCUT2D eigenvalue weighted by atomic mass is 9.99. The minimum absolute atomic E-state index is 1.04. The van der Waals surface area contributed by atoms with Gasteiger partial charge in [0.1, 0.15) is 0 Å². The molecular formula is C14H16N2. The summed E-state index contributed by atoms with van der Waals surface area (Å²) in [5.74, 6) is 0. The molecule has 0 unspecified atom stereocenters. The summed E-state index contributed by atoms with van der Waals surface area (Å²) >= 11 is 0. The Kier molecular flexibility index (Phi) is 2.91. The summed E-state index contributed by atoms with van der Waals surface area (Å²) in [4.78, 5) is 4.30. The predicted molar refractivity (Wildman–Crippen MR) is 68.7 cm³/mol. The zero-order valence-electron chi connectivity index (χ0n) is 9.91. The standard InChI is InChI=1S/C14H16N2/c1-10-6-4-5-7-12(10)13-8-11(2)16-9-14(13)15-3/h4-9,15H,1-3H3. The molecule has 0 spiro atoms. The van der Waals surface area contributed by atoms with Crippen LogP contribution in [0.3, 0.4) is 0 Å². The fraction of sp³-hybridized carbons (Fsp3) is 0.214. The molecule has 2 nitrogen and oxygen atoms in total. The van der Waals surface area contributed by atoms with Gasteiger partial charge in [-0.25, -0.2) is 0 Å². The maximum Gasteiger partial charge on any atom is 0.0604 e. The monoisotopic (exact) mass is 212 g/mol. The van der Waals surface area contributed by atoms with Gasteiger partial charge < -0.3 is 5.32 Å². The zero-order chi connectivity index (χ0) is 11.5. The van der Waals surface area contributed by atoms with Crippen LogP contribution in [-0.4, -0.2) is 12.0 Å². The molecule has 1 aromatic heterocycles. The largest absolute Gasteiger partial charge is 0.386 e. The van der Waals surface area contributed by atoms with E-state index in [1.54, 1.807) is 0 Å². The summed E-state index contributed by atoms with van der Waals surface area (Å²) in [6, 6.07) is 10.5. The molecule has 0 amide bonds. The van der Waals surface area contributed by atoms with Gasteiger partial charge in [0, 0.05) is 18.3 Å². The van der Waals surface area contributed by atoms with E-state index in [4.69, 9.17) is 0 Å². The predicted octanol–water partition coefficient (Wildman–Crippen LogP) is 3.41. The summed E-state index contributed by atoms with van der Waals surface area (Å²) in [6.07, 6.45) is 1.89. The molecule has 0 saturated heterocycles. The van der Waals surface area contributed by atoms with Crippen LogP contribution in [0.15, 0.2) is 36.5 Å². The minimum Gasteiger partial charge on any atom is -0.386 e. The molecule has 0 atom stereocenters. The SMILES string of the molecule is CNc1cnc(C)cc1-c1ccccc1C. The summed E-state index contributed by atoms with van der Waals surface area (Å²) in [7, 11) is 1.92. The van der Waals surface area contributed by atoms with Crippen LogP contribution in [-0.2, 0) is 0 Å². The highest BCUT2D eigenvalue weighted by atomic mass is 14.9. The molecule has 1 N–H and O–H groups in total. The molecule has 0 fully saturated rings. The number of aryl methyl sites for hydroxylation is 2. The van der Waals surface area contributed by atoms with E-state index in [0.29, 0.717) is 0 Å². The Bertz CT molecular complexity index is 504. The van der Waals surface area contributed by atoms with Crippen molar-refractivity contribution in [3.05, 3.63) is 47.8 Å². The molecule has 0 saturated carbocycles. The Morgan fingerprint density at radius 3 is 2.50 bits per heavy atom. The van der Waals surface area contributed by atoms with Crippen molar-refractivity contribution in [2.75, 3.05) is 12.4 Å². The molecule has 1 heterocycles. The number of pyridine rings is 1. The fourth-order valence-corrected chi connectivity index (χ4v) is 1.86. The van der Waals surface area contributed by atoms with Crippen molar-refractivity contribution >= 4 is 5.69 Å². The van der Waals surface area contributed by atoms with Crippen LogP contribution < -0.4 is 5.32 Å². The lowest BCUT2D eigenvalue weighted by molar-refractivity contribution is 1.20. The third-order valence-corrected chi connectivity index (χ3v) is 2.75. The second-order valence-corrected chi connectivity index (χ2v) is 3.94. The van der Waals surface area contributed by atoms with E-state index in [0.717, 1.165) is 11.4 Å². The number of aromatic nitrogens is 1. The number of benzene rings is 1. The molecule has 0 bridgehead atoms. The third kappa shape index (κ3) is 1.91. The van der Waals surface area contributed by atoms with Crippen molar-refractivity contribution in [1.29, 1.82) is 0 Å². The lowest BCUT2D eigenvalue weighted by Gasteiger charge is -2.11. The second kappa shape index (κ2) is 4.35. The van der Waals surface area contributed by atoms with Crippen LogP contribution in [0.2, 0.25) is 0 Å². The van der Waals surface area contributed by atoms with Crippen molar-refractivity contribution in [1.82, 2.24) is 4.98 Å². The molecule has 0 radical (unpaired) electrons. The van der Waals surface area contributed by atoms with E-state index in [2.05, 4.69) is 47.6 Å². The van der Waals surface area contributed by atoms with Crippen molar-refractivity contribution in [3.63, 3.8) is 0 Å². The number of rotatable bonds is 2. The lowest BCUT2D eigenvalue weighted by Crippen LogP contribution is -1.95. The van der Waals surface area contributed by atoms with Gasteiger partial charge in [-0.1, -0.05) is 24.3 Å². The highest BCUT2D eigenvalue weighted by Crippen LogP contribution is 2.29. The van der Waals surface area contributed by atoms with Crippen molar-refractivity contribution in [2.45, 2.75) is 13.8 Å². The molecule has 2 aromatic rings. The van der Waals surface area contributed by atoms with Gasteiger partial charge in [-0.15, -0.1) is 0 Å². The van der Waals surface area contributed by atoms with Gasteiger partial charge in [-0.2, -0.15) is 0 Å². The van der Waals surface area contributed by atoms with Crippen molar-refractivity contribution < 1.29 is 0 Å². The number of anilines is 1. The number of nitrogens with one attached hydrogen (secondary N) is 1. The Balaban J connectivity index is 2.63. The van der Waals surface area contributed by atoms with E-state index in [1.807, 2.05) is 20.2 Å². The van der Waals surface area contributed by atoms with Gasteiger partial charge in [0.15, 0.2) is 0 Å².